The Kier molecular flexibility index (Phi) is 9.10. The summed E-state index contributed by atoms with van der Waals surface area (Å²) in [4.78, 5) is 14.5. The standard InChI is InChI=1S/C36H58O12/c1-18-8-11-35(30(45)48-29-26(43)25(42)24(41)21(15-37)47-29)13-12-32(3)19(27(35)34(18,5)46)6-7-22-31(2)14-20(40)28(44)36(16-38,17-39)23(31)9-10-33(22,32)4/h6,18,20-29,37-44,46H,7-17H2,1-5H3/t18-,20-,21-,22-,23-,24-,25+,26-,27-,28+,29+,31+,32-,33-,34-,35+/m1/s1. The zero-order chi connectivity index (χ0) is 35.4. The molecule has 0 aromatic rings. The van der Waals surface area contributed by atoms with E-state index in [1.54, 1.807) is 6.92 Å². The van der Waals surface area contributed by atoms with Crippen LogP contribution in [0.25, 0.3) is 0 Å². The minimum absolute atomic E-state index is 0.0108. The second-order valence-corrected chi connectivity index (χ2v) is 17.4. The highest BCUT2D eigenvalue weighted by atomic mass is 16.7. The van der Waals surface area contributed by atoms with E-state index < -0.39 is 102 Å². The Balaban J connectivity index is 1.40. The van der Waals surface area contributed by atoms with Gasteiger partial charge in [0.25, 0.3) is 0 Å². The zero-order valence-electron chi connectivity index (χ0n) is 29.0. The zero-order valence-corrected chi connectivity index (χ0v) is 29.0. The van der Waals surface area contributed by atoms with Crippen molar-refractivity contribution in [2.45, 2.75) is 135 Å². The maximum Gasteiger partial charge on any atom is 0.315 e. The van der Waals surface area contributed by atoms with Crippen LogP contribution in [0.4, 0.5) is 0 Å². The van der Waals surface area contributed by atoms with Crippen LogP contribution in [0.1, 0.15) is 86.0 Å². The summed E-state index contributed by atoms with van der Waals surface area (Å²) in [6.45, 7) is 8.85. The van der Waals surface area contributed by atoms with E-state index in [1.165, 1.54) is 0 Å². The van der Waals surface area contributed by atoms with E-state index in [9.17, 15) is 50.8 Å². The average molecular weight is 683 g/mol. The molecule has 1 heterocycles. The molecule has 6 rings (SSSR count). The molecule has 4 saturated carbocycles. The number of esters is 1. The second-order valence-electron chi connectivity index (χ2n) is 17.4. The number of rotatable bonds is 5. The number of ether oxygens (including phenoxy) is 2. The van der Waals surface area contributed by atoms with Crippen LogP contribution in [0.3, 0.4) is 0 Å². The van der Waals surface area contributed by atoms with Crippen molar-refractivity contribution in [1.29, 1.82) is 0 Å². The molecule has 1 aliphatic heterocycles. The third-order valence-electron chi connectivity index (χ3n) is 15.7. The van der Waals surface area contributed by atoms with Crippen LogP contribution in [0.15, 0.2) is 11.6 Å². The predicted molar refractivity (Wildman–Crippen MR) is 171 cm³/mol. The molecular weight excluding hydrogens is 624 g/mol. The third-order valence-corrected chi connectivity index (χ3v) is 15.7. The smallest absolute Gasteiger partial charge is 0.315 e. The Morgan fingerprint density at radius 2 is 1.56 bits per heavy atom. The number of carbonyl (C=O) groups is 1. The number of carbonyl (C=O) groups excluding carboxylic acids is 1. The van der Waals surface area contributed by atoms with Gasteiger partial charge < -0.3 is 55.4 Å². The minimum Gasteiger partial charge on any atom is -0.432 e. The summed E-state index contributed by atoms with van der Waals surface area (Å²) in [5, 5.41) is 96.9. The quantitative estimate of drug-likeness (QED) is 0.142. The second kappa shape index (κ2) is 11.9. The number of hydrogen-bond donors (Lipinski definition) is 9. The highest BCUT2D eigenvalue weighted by Crippen LogP contribution is 2.76. The number of fused-ring (bicyclic) bond motifs is 7. The van der Waals surface area contributed by atoms with Gasteiger partial charge >= 0.3 is 5.97 Å². The van der Waals surface area contributed by atoms with Gasteiger partial charge in [-0.25, -0.2) is 0 Å². The number of hydrogen-bond acceptors (Lipinski definition) is 12. The molecular formula is C36H58O12. The van der Waals surface area contributed by atoms with Crippen LogP contribution in [0.2, 0.25) is 0 Å². The molecule has 0 amide bonds. The van der Waals surface area contributed by atoms with E-state index in [0.717, 1.165) is 12.0 Å². The van der Waals surface area contributed by atoms with Crippen molar-refractivity contribution in [3.63, 3.8) is 0 Å². The number of allylic oxidation sites excluding steroid dienone is 1. The van der Waals surface area contributed by atoms with E-state index >= 15 is 0 Å². The maximum absolute atomic E-state index is 14.5. The topological polar surface area (TPSA) is 218 Å². The Bertz CT molecular complexity index is 1280. The molecule has 6 aliphatic rings. The first-order chi connectivity index (χ1) is 22.4. The van der Waals surface area contributed by atoms with Gasteiger partial charge in [-0.1, -0.05) is 39.3 Å². The highest BCUT2D eigenvalue weighted by molar-refractivity contribution is 5.79. The van der Waals surface area contributed by atoms with E-state index in [-0.39, 0.29) is 23.2 Å². The summed E-state index contributed by atoms with van der Waals surface area (Å²) >= 11 is 0. The molecule has 0 spiro atoms. The SMILES string of the molecule is C[C@@H]1CC[C@]2(C(=O)O[C@@H]3O[C@H](CO)[C@@H](O)[C@H](O)[C@H]3O)CC[C@]3(C)C(=CC[C@@H]4[C@]5(C)C[C@@H](O)[C@H](O)C(CO)(CO)[C@@H]5CC[C@]43C)[C@@H]2[C@]1(C)O. The Morgan fingerprint density at radius 1 is 0.896 bits per heavy atom. The summed E-state index contributed by atoms with van der Waals surface area (Å²) < 4.78 is 11.4. The molecule has 48 heavy (non-hydrogen) atoms. The first-order valence-electron chi connectivity index (χ1n) is 17.9. The van der Waals surface area contributed by atoms with E-state index in [0.29, 0.717) is 44.9 Å². The van der Waals surface area contributed by atoms with Crippen molar-refractivity contribution >= 4 is 5.97 Å². The molecule has 0 bridgehead atoms. The van der Waals surface area contributed by atoms with Crippen molar-refractivity contribution in [3.05, 3.63) is 11.6 Å². The van der Waals surface area contributed by atoms with Crippen LogP contribution in [0.5, 0.6) is 0 Å². The van der Waals surface area contributed by atoms with Crippen LogP contribution >= 0.6 is 0 Å². The van der Waals surface area contributed by atoms with E-state index in [1.807, 2.05) is 6.92 Å². The van der Waals surface area contributed by atoms with Crippen molar-refractivity contribution in [3.8, 4) is 0 Å². The van der Waals surface area contributed by atoms with Gasteiger partial charge in [0.05, 0.1) is 43.0 Å². The van der Waals surface area contributed by atoms with Gasteiger partial charge in [0, 0.05) is 11.3 Å². The summed E-state index contributed by atoms with van der Waals surface area (Å²) in [7, 11) is 0. The summed E-state index contributed by atoms with van der Waals surface area (Å²) in [6.07, 6.45) is -3.85. The molecule has 12 nitrogen and oxygen atoms in total. The first kappa shape index (κ1) is 36.6. The molecule has 5 aliphatic carbocycles. The molecule has 0 aromatic heterocycles. The van der Waals surface area contributed by atoms with Gasteiger partial charge in [-0.3, -0.25) is 4.79 Å². The summed E-state index contributed by atoms with van der Waals surface area (Å²) in [5.41, 5.74) is -4.09. The molecule has 9 N–H and O–H groups in total. The molecule has 0 radical (unpaired) electrons. The van der Waals surface area contributed by atoms with Crippen LogP contribution in [0, 0.1) is 50.7 Å². The summed E-state index contributed by atoms with van der Waals surface area (Å²) in [6, 6.07) is 0. The van der Waals surface area contributed by atoms with Gasteiger partial charge in [-0.05, 0) is 92.3 Å². The van der Waals surface area contributed by atoms with Crippen molar-refractivity contribution < 1.29 is 60.2 Å². The van der Waals surface area contributed by atoms with Gasteiger partial charge in [-0.15, -0.1) is 0 Å². The summed E-state index contributed by atoms with van der Waals surface area (Å²) in [5.74, 6) is -1.67. The molecule has 0 aromatic carbocycles. The van der Waals surface area contributed by atoms with Gasteiger partial charge in [0.15, 0.2) is 0 Å². The Morgan fingerprint density at radius 3 is 2.19 bits per heavy atom. The predicted octanol–water partition coefficient (Wildman–Crippen LogP) is 0.379. The van der Waals surface area contributed by atoms with Crippen molar-refractivity contribution in [2.24, 2.45) is 50.7 Å². The maximum atomic E-state index is 14.5. The first-order valence-corrected chi connectivity index (χ1v) is 17.9. The molecule has 0 unspecified atom stereocenters. The van der Waals surface area contributed by atoms with Gasteiger partial charge in [-0.2, -0.15) is 0 Å². The number of aliphatic hydroxyl groups is 9. The molecule has 1 saturated heterocycles. The highest BCUT2D eigenvalue weighted by Gasteiger charge is 2.73. The molecule has 16 atom stereocenters. The van der Waals surface area contributed by atoms with Crippen LogP contribution in [-0.2, 0) is 14.3 Å². The fourth-order valence-corrected chi connectivity index (χ4v) is 12.4. The third kappa shape index (κ3) is 4.60. The normalized spacial score (nSPS) is 54.5. The van der Waals surface area contributed by atoms with Crippen LogP contribution in [-0.4, -0.2) is 120 Å². The molecule has 5 fully saturated rings. The molecule has 274 valence electrons. The fourth-order valence-electron chi connectivity index (χ4n) is 12.4. The monoisotopic (exact) mass is 682 g/mol. The fraction of sp³-hybridized carbons (Fsp3) is 0.917. The lowest BCUT2D eigenvalue weighted by molar-refractivity contribution is -0.299. The molecule has 12 heteroatoms. The average Bonchev–Trinajstić information content (AvgIpc) is 3.04. The van der Waals surface area contributed by atoms with Gasteiger partial charge in [0.1, 0.15) is 24.4 Å². The van der Waals surface area contributed by atoms with Crippen molar-refractivity contribution in [1.82, 2.24) is 0 Å². The minimum atomic E-state index is -1.74. The lowest BCUT2D eigenvalue weighted by Crippen LogP contribution is -2.70. The largest absolute Gasteiger partial charge is 0.432 e. The lowest BCUT2D eigenvalue weighted by Gasteiger charge is -2.72. The van der Waals surface area contributed by atoms with Gasteiger partial charge in [0.2, 0.25) is 6.29 Å². The van der Waals surface area contributed by atoms with Crippen LogP contribution < -0.4 is 0 Å². The van der Waals surface area contributed by atoms with Crippen molar-refractivity contribution in [2.75, 3.05) is 19.8 Å². The Labute approximate surface area is 282 Å². The van der Waals surface area contributed by atoms with E-state index in [4.69, 9.17) is 9.47 Å². The number of aliphatic hydroxyl groups excluding tert-OH is 8. The van der Waals surface area contributed by atoms with E-state index in [2.05, 4.69) is 26.8 Å². The Hall–Kier alpha value is -1.19. The lowest BCUT2D eigenvalue weighted by atomic mass is 9.32.